The van der Waals surface area contributed by atoms with Crippen LogP contribution >= 0.6 is 11.6 Å². The summed E-state index contributed by atoms with van der Waals surface area (Å²) in [4.78, 5) is 8.25. The summed E-state index contributed by atoms with van der Waals surface area (Å²) >= 11 is 5.91. The van der Waals surface area contributed by atoms with Crippen molar-refractivity contribution in [1.29, 1.82) is 0 Å². The van der Waals surface area contributed by atoms with Crippen molar-refractivity contribution in [2.24, 2.45) is 0 Å². The number of fused-ring (bicyclic) bond motifs is 1. The lowest BCUT2D eigenvalue weighted by Gasteiger charge is -2.08. The zero-order valence-electron chi connectivity index (χ0n) is 10.1. The van der Waals surface area contributed by atoms with Crippen LogP contribution in [-0.2, 0) is 6.61 Å². The number of rotatable bonds is 3. The van der Waals surface area contributed by atoms with Crippen molar-refractivity contribution in [2.75, 3.05) is 0 Å². The molecule has 94 valence electrons. The van der Waals surface area contributed by atoms with Crippen LogP contribution in [0.15, 0.2) is 54.9 Å². The molecule has 0 bridgehead atoms. The fraction of sp³-hybridized carbons (Fsp3) is 0.0667. The summed E-state index contributed by atoms with van der Waals surface area (Å²) in [6, 6.07) is 13.6. The number of halogens is 1. The summed E-state index contributed by atoms with van der Waals surface area (Å²) in [6.45, 7) is 0.514. The van der Waals surface area contributed by atoms with E-state index >= 15 is 0 Å². The lowest BCUT2D eigenvalue weighted by Crippen LogP contribution is -1.96. The van der Waals surface area contributed by atoms with Crippen LogP contribution in [0.3, 0.4) is 0 Å². The molecule has 0 spiro atoms. The molecule has 1 aromatic carbocycles. The van der Waals surface area contributed by atoms with Gasteiger partial charge in [-0.15, -0.1) is 0 Å². The average Bonchev–Trinajstić information content (AvgIpc) is 2.46. The first-order chi connectivity index (χ1) is 9.33. The van der Waals surface area contributed by atoms with Gasteiger partial charge in [-0.3, -0.25) is 4.98 Å². The quantitative estimate of drug-likeness (QED) is 0.678. The van der Waals surface area contributed by atoms with Crippen molar-refractivity contribution >= 4 is 22.5 Å². The number of ether oxygens (including phenoxy) is 1. The van der Waals surface area contributed by atoms with Crippen molar-refractivity contribution in [1.82, 2.24) is 9.97 Å². The van der Waals surface area contributed by atoms with E-state index in [-0.39, 0.29) is 0 Å². The minimum Gasteiger partial charge on any atom is -0.488 e. The van der Waals surface area contributed by atoms with Crippen LogP contribution in [0.5, 0.6) is 5.75 Å². The smallest absolute Gasteiger partial charge is 0.130 e. The van der Waals surface area contributed by atoms with Gasteiger partial charge in [-0.05, 0) is 17.7 Å². The van der Waals surface area contributed by atoms with Gasteiger partial charge in [0.1, 0.15) is 17.5 Å². The minimum absolute atomic E-state index is 0.435. The summed E-state index contributed by atoms with van der Waals surface area (Å²) in [5.41, 5.74) is 1.89. The summed E-state index contributed by atoms with van der Waals surface area (Å²) in [5, 5.41) is 1.31. The normalized spacial score (nSPS) is 10.6. The van der Waals surface area contributed by atoms with Crippen LogP contribution < -0.4 is 4.74 Å². The van der Waals surface area contributed by atoms with Gasteiger partial charge in [-0.25, -0.2) is 4.98 Å². The van der Waals surface area contributed by atoms with E-state index in [0.717, 1.165) is 22.2 Å². The maximum absolute atomic E-state index is 5.91. The second-order valence-corrected chi connectivity index (χ2v) is 4.49. The number of hydrogen-bond acceptors (Lipinski definition) is 3. The van der Waals surface area contributed by atoms with Gasteiger partial charge in [0.05, 0.1) is 11.7 Å². The molecule has 0 aliphatic rings. The Balaban J connectivity index is 1.90. The molecule has 0 unspecified atom stereocenters. The Morgan fingerprint density at radius 2 is 1.89 bits per heavy atom. The molecule has 0 aliphatic heterocycles. The molecule has 0 saturated heterocycles. The van der Waals surface area contributed by atoms with Crippen molar-refractivity contribution in [3.63, 3.8) is 0 Å². The van der Waals surface area contributed by atoms with Crippen LogP contribution in [0, 0.1) is 0 Å². The largest absolute Gasteiger partial charge is 0.488 e. The van der Waals surface area contributed by atoms with Gasteiger partial charge in [0.2, 0.25) is 0 Å². The summed E-state index contributed by atoms with van der Waals surface area (Å²) in [7, 11) is 0. The van der Waals surface area contributed by atoms with Crippen LogP contribution in [0.25, 0.3) is 10.9 Å². The first-order valence-electron chi connectivity index (χ1n) is 5.90. The van der Waals surface area contributed by atoms with Crippen LogP contribution in [-0.4, -0.2) is 9.97 Å². The van der Waals surface area contributed by atoms with Gasteiger partial charge in [0.25, 0.3) is 0 Å². The predicted octanol–water partition coefficient (Wildman–Crippen LogP) is 3.86. The highest BCUT2D eigenvalue weighted by Crippen LogP contribution is 2.25. The number of benzene rings is 1. The Kier molecular flexibility index (Phi) is 3.29. The van der Waals surface area contributed by atoms with E-state index in [1.165, 1.54) is 0 Å². The fourth-order valence-corrected chi connectivity index (χ4v) is 2.02. The van der Waals surface area contributed by atoms with Gasteiger partial charge in [0.15, 0.2) is 0 Å². The maximum atomic E-state index is 5.91. The Morgan fingerprint density at radius 1 is 1.05 bits per heavy atom. The van der Waals surface area contributed by atoms with E-state index in [9.17, 15) is 0 Å². The van der Waals surface area contributed by atoms with Gasteiger partial charge in [-0.1, -0.05) is 41.9 Å². The second kappa shape index (κ2) is 5.24. The van der Waals surface area contributed by atoms with Crippen molar-refractivity contribution in [3.8, 4) is 5.75 Å². The third-order valence-corrected chi connectivity index (χ3v) is 3.00. The van der Waals surface area contributed by atoms with E-state index < -0.39 is 0 Å². The van der Waals surface area contributed by atoms with E-state index in [4.69, 9.17) is 16.3 Å². The molecule has 3 aromatic rings. The molecule has 3 nitrogen and oxygen atoms in total. The predicted molar refractivity (Wildman–Crippen MR) is 75.3 cm³/mol. The van der Waals surface area contributed by atoms with E-state index in [1.54, 1.807) is 18.5 Å². The van der Waals surface area contributed by atoms with Crippen molar-refractivity contribution in [2.45, 2.75) is 6.61 Å². The molecule has 0 atom stereocenters. The monoisotopic (exact) mass is 270 g/mol. The Morgan fingerprint density at radius 3 is 2.74 bits per heavy atom. The maximum Gasteiger partial charge on any atom is 0.130 e. The first kappa shape index (κ1) is 11.9. The molecule has 0 saturated carbocycles. The van der Waals surface area contributed by atoms with Crippen molar-refractivity contribution < 1.29 is 4.74 Å². The standard InChI is InChI=1S/C15H11ClN2O/c16-15-8-12-13(9-18-15)17-7-6-14(12)19-10-11-4-2-1-3-5-11/h1-9H,10H2. The van der Waals surface area contributed by atoms with Gasteiger partial charge < -0.3 is 4.74 Å². The second-order valence-electron chi connectivity index (χ2n) is 4.11. The molecule has 0 amide bonds. The zero-order valence-corrected chi connectivity index (χ0v) is 10.8. The highest BCUT2D eigenvalue weighted by Gasteiger charge is 2.05. The van der Waals surface area contributed by atoms with Crippen molar-refractivity contribution in [3.05, 3.63) is 65.6 Å². The molecular weight excluding hydrogens is 260 g/mol. The number of pyridine rings is 2. The third-order valence-electron chi connectivity index (χ3n) is 2.79. The highest BCUT2D eigenvalue weighted by atomic mass is 35.5. The SMILES string of the molecule is Clc1cc2c(OCc3ccccc3)ccnc2cn1. The van der Waals surface area contributed by atoms with Gasteiger partial charge in [-0.2, -0.15) is 0 Å². The number of aromatic nitrogens is 2. The van der Waals surface area contributed by atoms with E-state index in [2.05, 4.69) is 9.97 Å². The Hall–Kier alpha value is -2.13. The summed E-state index contributed by atoms with van der Waals surface area (Å²) < 4.78 is 5.83. The number of hydrogen-bond donors (Lipinski definition) is 0. The van der Waals surface area contributed by atoms with Crippen LogP contribution in [0.1, 0.15) is 5.56 Å². The van der Waals surface area contributed by atoms with E-state index in [1.807, 2.05) is 36.4 Å². The molecule has 0 radical (unpaired) electrons. The highest BCUT2D eigenvalue weighted by molar-refractivity contribution is 6.30. The molecule has 0 aliphatic carbocycles. The van der Waals surface area contributed by atoms with E-state index in [0.29, 0.717) is 11.8 Å². The Labute approximate surface area is 115 Å². The molecule has 4 heteroatoms. The number of nitrogens with zero attached hydrogens (tertiary/aromatic N) is 2. The first-order valence-corrected chi connectivity index (χ1v) is 6.28. The fourth-order valence-electron chi connectivity index (χ4n) is 1.86. The molecule has 3 rings (SSSR count). The minimum atomic E-state index is 0.435. The van der Waals surface area contributed by atoms with Crippen LogP contribution in [0.2, 0.25) is 5.15 Å². The average molecular weight is 271 g/mol. The Bertz CT molecular complexity index is 701. The van der Waals surface area contributed by atoms with Gasteiger partial charge >= 0.3 is 0 Å². The molecule has 19 heavy (non-hydrogen) atoms. The molecule has 0 fully saturated rings. The summed E-state index contributed by atoms with van der Waals surface area (Å²) in [5.74, 6) is 0.762. The molecular formula is C15H11ClN2O. The lowest BCUT2D eigenvalue weighted by atomic mass is 10.2. The summed E-state index contributed by atoms with van der Waals surface area (Å²) in [6.07, 6.45) is 3.35. The topological polar surface area (TPSA) is 35.0 Å². The van der Waals surface area contributed by atoms with Gasteiger partial charge in [0, 0.05) is 11.6 Å². The molecule has 0 N–H and O–H groups in total. The van der Waals surface area contributed by atoms with Crippen LogP contribution in [0.4, 0.5) is 0 Å². The third kappa shape index (κ3) is 2.66. The zero-order chi connectivity index (χ0) is 13.1. The molecule has 2 heterocycles. The molecule has 2 aromatic heterocycles. The lowest BCUT2D eigenvalue weighted by molar-refractivity contribution is 0.310.